The van der Waals surface area contributed by atoms with Crippen LogP contribution in [0.4, 0.5) is 5.69 Å². The maximum absolute atomic E-state index is 11.6. The Balaban J connectivity index is 2.34. The van der Waals surface area contributed by atoms with Gasteiger partial charge in [-0.15, -0.1) is 0 Å². The van der Waals surface area contributed by atoms with Crippen molar-refractivity contribution in [1.82, 2.24) is 4.90 Å². The molecular formula is C14H20N2O4. The maximum atomic E-state index is 11.6. The Kier molecular flexibility index (Phi) is 5.83. The first-order valence-corrected chi connectivity index (χ1v) is 6.29. The number of nitrogens with zero attached hydrogens (tertiary/aromatic N) is 1. The van der Waals surface area contributed by atoms with E-state index in [-0.39, 0.29) is 18.9 Å². The van der Waals surface area contributed by atoms with E-state index in [2.05, 4.69) is 0 Å². The average molecular weight is 280 g/mol. The third-order valence-electron chi connectivity index (χ3n) is 2.58. The zero-order valence-corrected chi connectivity index (χ0v) is 12.0. The van der Waals surface area contributed by atoms with E-state index < -0.39 is 12.1 Å². The lowest BCUT2D eigenvalue weighted by Crippen LogP contribution is -2.35. The van der Waals surface area contributed by atoms with Crippen molar-refractivity contribution in [3.63, 3.8) is 0 Å². The average Bonchev–Trinajstić information content (AvgIpc) is 2.39. The summed E-state index contributed by atoms with van der Waals surface area (Å²) in [6.45, 7) is 1.69. The number of benzene rings is 1. The van der Waals surface area contributed by atoms with Crippen molar-refractivity contribution in [2.45, 2.75) is 19.4 Å². The topological polar surface area (TPSA) is 81.9 Å². The Morgan fingerprint density at radius 2 is 1.95 bits per heavy atom. The summed E-state index contributed by atoms with van der Waals surface area (Å²) in [5.41, 5.74) is 6.21. The third kappa shape index (κ3) is 4.79. The number of hydrogen-bond acceptors (Lipinski definition) is 5. The molecule has 1 amide bonds. The van der Waals surface area contributed by atoms with E-state index in [9.17, 15) is 9.59 Å². The highest BCUT2D eigenvalue weighted by atomic mass is 16.5. The van der Waals surface area contributed by atoms with Crippen molar-refractivity contribution >= 4 is 17.6 Å². The fourth-order valence-corrected chi connectivity index (χ4v) is 1.53. The number of anilines is 1. The molecule has 1 atom stereocenters. The molecule has 0 saturated carbocycles. The molecular weight excluding hydrogens is 260 g/mol. The van der Waals surface area contributed by atoms with Gasteiger partial charge in [-0.2, -0.15) is 0 Å². The minimum absolute atomic E-state index is 0.0549. The largest absolute Gasteiger partial charge is 0.491 e. The van der Waals surface area contributed by atoms with Gasteiger partial charge in [0.15, 0.2) is 6.10 Å². The number of nitrogen functional groups attached to an aromatic ring is 1. The van der Waals surface area contributed by atoms with Crippen LogP contribution in [0.25, 0.3) is 0 Å². The van der Waals surface area contributed by atoms with Gasteiger partial charge in [-0.25, -0.2) is 0 Å². The normalized spacial score (nSPS) is 11.6. The zero-order valence-electron chi connectivity index (χ0n) is 12.0. The molecule has 0 aliphatic heterocycles. The summed E-state index contributed by atoms with van der Waals surface area (Å²) >= 11 is 0. The number of likely N-dealkylation sites (N-methyl/N-ethyl adjacent to an activating group) is 1. The molecule has 0 fully saturated rings. The molecule has 2 N–H and O–H groups in total. The van der Waals surface area contributed by atoms with Gasteiger partial charge in [-0.3, -0.25) is 9.59 Å². The van der Waals surface area contributed by atoms with Crippen LogP contribution in [0.3, 0.4) is 0 Å². The van der Waals surface area contributed by atoms with Crippen molar-refractivity contribution in [2.24, 2.45) is 0 Å². The predicted octanol–water partition coefficient (Wildman–Crippen LogP) is 1.06. The number of rotatable bonds is 6. The van der Waals surface area contributed by atoms with Crippen LogP contribution in [0, 0.1) is 0 Å². The van der Waals surface area contributed by atoms with Gasteiger partial charge in [0, 0.05) is 14.1 Å². The first-order valence-electron chi connectivity index (χ1n) is 6.29. The molecule has 1 aromatic rings. The second-order valence-electron chi connectivity index (χ2n) is 4.50. The van der Waals surface area contributed by atoms with E-state index in [0.717, 1.165) is 0 Å². The van der Waals surface area contributed by atoms with Gasteiger partial charge in [0.2, 0.25) is 0 Å². The van der Waals surface area contributed by atoms with Crippen LogP contribution in [0.15, 0.2) is 24.3 Å². The molecule has 20 heavy (non-hydrogen) atoms. The van der Waals surface area contributed by atoms with E-state index in [1.54, 1.807) is 38.4 Å². The van der Waals surface area contributed by atoms with Gasteiger partial charge < -0.3 is 20.1 Å². The molecule has 1 unspecified atom stereocenters. The van der Waals surface area contributed by atoms with Gasteiger partial charge in [0.25, 0.3) is 5.91 Å². The van der Waals surface area contributed by atoms with Crippen LogP contribution in [-0.2, 0) is 14.3 Å². The minimum Gasteiger partial charge on any atom is -0.491 e. The Labute approximate surface area is 118 Å². The summed E-state index contributed by atoms with van der Waals surface area (Å²) in [7, 11) is 3.21. The van der Waals surface area contributed by atoms with Crippen LogP contribution >= 0.6 is 0 Å². The number of para-hydroxylation sites is 2. The molecule has 0 aliphatic carbocycles. The highest BCUT2D eigenvalue weighted by Crippen LogP contribution is 2.19. The molecule has 1 rings (SSSR count). The fraction of sp³-hybridized carbons (Fsp3) is 0.429. The smallest absolute Gasteiger partial charge is 0.310 e. The molecule has 110 valence electrons. The first-order chi connectivity index (χ1) is 9.41. The number of hydrogen-bond donors (Lipinski definition) is 1. The zero-order chi connectivity index (χ0) is 15.1. The van der Waals surface area contributed by atoms with Gasteiger partial charge >= 0.3 is 5.97 Å². The first kappa shape index (κ1) is 15.8. The quantitative estimate of drug-likeness (QED) is 0.622. The summed E-state index contributed by atoms with van der Waals surface area (Å²) in [4.78, 5) is 24.4. The van der Waals surface area contributed by atoms with Crippen LogP contribution in [-0.4, -0.2) is 43.6 Å². The number of nitrogens with two attached hydrogens (primary N) is 1. The Hall–Kier alpha value is -2.24. The summed E-state index contributed by atoms with van der Waals surface area (Å²) < 4.78 is 10.4. The standard InChI is InChI=1S/C14H20N2O4/c1-10(14(18)16(2)3)20-13(17)8-9-19-12-7-5-4-6-11(12)15/h4-7,10H,8-9,15H2,1-3H3. The lowest BCUT2D eigenvalue weighted by molar-refractivity contribution is -0.158. The summed E-state index contributed by atoms with van der Waals surface area (Å²) in [6, 6.07) is 7.02. The van der Waals surface area contributed by atoms with Gasteiger partial charge in [0.05, 0.1) is 18.7 Å². The van der Waals surface area contributed by atoms with Crippen LogP contribution < -0.4 is 10.5 Å². The summed E-state index contributed by atoms with van der Waals surface area (Å²) in [5.74, 6) is -0.216. The van der Waals surface area contributed by atoms with Gasteiger partial charge in [-0.1, -0.05) is 12.1 Å². The van der Waals surface area contributed by atoms with Crippen molar-refractivity contribution in [3.05, 3.63) is 24.3 Å². The maximum Gasteiger partial charge on any atom is 0.310 e. The number of carbonyl (C=O) groups is 2. The highest BCUT2D eigenvalue weighted by molar-refractivity contribution is 5.83. The monoisotopic (exact) mass is 280 g/mol. The van der Waals surface area contributed by atoms with E-state index in [4.69, 9.17) is 15.2 Å². The van der Waals surface area contributed by atoms with E-state index in [1.165, 1.54) is 11.8 Å². The molecule has 0 aromatic heterocycles. The fourth-order valence-electron chi connectivity index (χ4n) is 1.53. The number of esters is 1. The van der Waals surface area contributed by atoms with Gasteiger partial charge in [-0.05, 0) is 19.1 Å². The van der Waals surface area contributed by atoms with E-state index in [0.29, 0.717) is 11.4 Å². The van der Waals surface area contributed by atoms with Gasteiger partial charge in [0.1, 0.15) is 5.75 Å². The Morgan fingerprint density at radius 1 is 1.30 bits per heavy atom. The summed E-state index contributed by atoms with van der Waals surface area (Å²) in [5, 5.41) is 0. The highest BCUT2D eigenvalue weighted by Gasteiger charge is 2.19. The van der Waals surface area contributed by atoms with Crippen molar-refractivity contribution in [2.75, 3.05) is 26.4 Å². The minimum atomic E-state index is -0.792. The van der Waals surface area contributed by atoms with Crippen LogP contribution in [0.5, 0.6) is 5.75 Å². The van der Waals surface area contributed by atoms with Crippen molar-refractivity contribution < 1.29 is 19.1 Å². The Morgan fingerprint density at radius 3 is 2.55 bits per heavy atom. The number of amides is 1. The van der Waals surface area contributed by atoms with Crippen LogP contribution in [0.2, 0.25) is 0 Å². The molecule has 0 saturated heterocycles. The van der Waals surface area contributed by atoms with Crippen LogP contribution in [0.1, 0.15) is 13.3 Å². The SMILES string of the molecule is CC(OC(=O)CCOc1ccccc1N)C(=O)N(C)C. The third-order valence-corrected chi connectivity index (χ3v) is 2.58. The lowest BCUT2D eigenvalue weighted by Gasteiger charge is -2.17. The lowest BCUT2D eigenvalue weighted by atomic mass is 10.3. The molecule has 0 bridgehead atoms. The second-order valence-corrected chi connectivity index (χ2v) is 4.50. The molecule has 0 spiro atoms. The molecule has 0 heterocycles. The second kappa shape index (κ2) is 7.37. The van der Waals surface area contributed by atoms with E-state index in [1.807, 2.05) is 0 Å². The van der Waals surface area contributed by atoms with Crippen molar-refractivity contribution in [1.29, 1.82) is 0 Å². The van der Waals surface area contributed by atoms with E-state index >= 15 is 0 Å². The molecule has 1 aromatic carbocycles. The molecule has 0 radical (unpaired) electrons. The number of carbonyl (C=O) groups excluding carboxylic acids is 2. The Bertz CT molecular complexity index is 474. The molecule has 0 aliphatic rings. The van der Waals surface area contributed by atoms with Crippen molar-refractivity contribution in [3.8, 4) is 5.75 Å². The predicted molar refractivity (Wildman–Crippen MR) is 75.2 cm³/mol. The number of ether oxygens (including phenoxy) is 2. The summed E-state index contributed by atoms with van der Waals surface area (Å²) in [6.07, 6.45) is -0.737. The molecule has 6 heteroatoms. The molecule has 6 nitrogen and oxygen atoms in total.